The van der Waals surface area contributed by atoms with Crippen molar-refractivity contribution in [2.24, 2.45) is 11.8 Å². The summed E-state index contributed by atoms with van der Waals surface area (Å²) in [5.74, 6) is 1.74. The zero-order valence-electron chi connectivity index (χ0n) is 9.50. The van der Waals surface area contributed by atoms with E-state index in [0.29, 0.717) is 0 Å². The van der Waals surface area contributed by atoms with Crippen molar-refractivity contribution in [3.8, 4) is 0 Å². The van der Waals surface area contributed by atoms with Crippen LogP contribution >= 0.6 is 0 Å². The Bertz CT molecular complexity index is 371. The zero-order valence-corrected chi connectivity index (χ0v) is 9.50. The van der Waals surface area contributed by atoms with Crippen LogP contribution in [0.15, 0.2) is 49.1 Å². The Morgan fingerprint density at radius 3 is 1.38 bits per heavy atom. The topological polar surface area (TPSA) is 9.86 Å². The summed E-state index contributed by atoms with van der Waals surface area (Å²) in [5.41, 5.74) is 0. The number of aromatic nitrogens is 2. The lowest BCUT2D eigenvalue weighted by Gasteiger charge is -2.37. The monoisotopic (exact) mass is 214 g/mol. The van der Waals surface area contributed by atoms with Crippen molar-refractivity contribution in [2.45, 2.75) is 25.9 Å². The Morgan fingerprint density at radius 2 is 1.06 bits per heavy atom. The summed E-state index contributed by atoms with van der Waals surface area (Å²) in [6.45, 7) is 2.39. The van der Waals surface area contributed by atoms with Crippen LogP contribution < -0.4 is 0 Å². The molecule has 84 valence electrons. The molecule has 0 amide bonds. The number of rotatable bonds is 4. The molecule has 0 aromatic carbocycles. The van der Waals surface area contributed by atoms with Crippen molar-refractivity contribution >= 4 is 0 Å². The van der Waals surface area contributed by atoms with Crippen molar-refractivity contribution in [3.63, 3.8) is 0 Å². The summed E-state index contributed by atoms with van der Waals surface area (Å²) in [5, 5.41) is 0. The molecule has 1 saturated carbocycles. The molecule has 2 atom stereocenters. The molecule has 2 nitrogen and oxygen atoms in total. The van der Waals surface area contributed by atoms with Gasteiger partial charge in [-0.2, -0.15) is 0 Å². The third kappa shape index (κ3) is 1.92. The molecule has 0 unspecified atom stereocenters. The zero-order chi connectivity index (χ0) is 10.8. The first kappa shape index (κ1) is 9.76. The quantitative estimate of drug-likeness (QED) is 0.740. The molecule has 0 saturated heterocycles. The molecule has 0 bridgehead atoms. The first-order valence-corrected chi connectivity index (χ1v) is 6.13. The normalized spacial score (nSPS) is 24.2. The maximum Gasteiger partial charge on any atom is 0.0251 e. The summed E-state index contributed by atoms with van der Waals surface area (Å²) in [7, 11) is 0. The molecule has 1 aliphatic rings. The summed E-state index contributed by atoms with van der Waals surface area (Å²) >= 11 is 0. The highest BCUT2D eigenvalue weighted by atomic mass is 15.0. The lowest BCUT2D eigenvalue weighted by atomic mass is 9.73. The summed E-state index contributed by atoms with van der Waals surface area (Å²) in [4.78, 5) is 0. The Balaban J connectivity index is 1.57. The maximum absolute atomic E-state index is 2.31. The molecule has 0 N–H and O–H groups in total. The van der Waals surface area contributed by atoms with Crippen LogP contribution in [0.25, 0.3) is 0 Å². The molecule has 2 aromatic heterocycles. The van der Waals surface area contributed by atoms with Gasteiger partial charge in [0.25, 0.3) is 0 Å². The lowest BCUT2D eigenvalue weighted by molar-refractivity contribution is 0.132. The standard InChI is InChI=1S/C14H18N2/c1-2-8-15(7-1)11-13-5-6-14(13)12-16-9-3-4-10-16/h1-4,7-10,13-14H,5-6,11-12H2/t13-,14-/m0/s1. The minimum atomic E-state index is 0.870. The molecule has 16 heavy (non-hydrogen) atoms. The van der Waals surface area contributed by atoms with Gasteiger partial charge < -0.3 is 9.13 Å². The predicted molar refractivity (Wildman–Crippen MR) is 65.1 cm³/mol. The number of hydrogen-bond donors (Lipinski definition) is 0. The first-order valence-electron chi connectivity index (χ1n) is 6.13. The highest BCUT2D eigenvalue weighted by molar-refractivity contribution is 4.94. The average Bonchev–Trinajstić information content (AvgIpc) is 2.94. The molecule has 2 aromatic rings. The molecule has 2 heterocycles. The van der Waals surface area contributed by atoms with E-state index in [2.05, 4.69) is 58.2 Å². The Kier molecular flexibility index (Phi) is 2.56. The average molecular weight is 214 g/mol. The van der Waals surface area contributed by atoms with E-state index in [-0.39, 0.29) is 0 Å². The van der Waals surface area contributed by atoms with E-state index in [1.165, 1.54) is 25.9 Å². The smallest absolute Gasteiger partial charge is 0.0251 e. The number of hydrogen-bond acceptors (Lipinski definition) is 0. The van der Waals surface area contributed by atoms with E-state index in [1.807, 2.05) is 0 Å². The summed E-state index contributed by atoms with van der Waals surface area (Å²) in [6.07, 6.45) is 11.5. The molecule has 1 fully saturated rings. The molecule has 1 aliphatic carbocycles. The lowest BCUT2D eigenvalue weighted by Crippen LogP contribution is -2.32. The predicted octanol–water partition coefficient (Wildman–Crippen LogP) is 3.02. The van der Waals surface area contributed by atoms with Crippen molar-refractivity contribution in [2.75, 3.05) is 0 Å². The van der Waals surface area contributed by atoms with Gasteiger partial charge in [-0.25, -0.2) is 0 Å². The van der Waals surface area contributed by atoms with Crippen LogP contribution in [0.4, 0.5) is 0 Å². The minimum absolute atomic E-state index is 0.870. The molecule has 2 heteroatoms. The van der Waals surface area contributed by atoms with Crippen molar-refractivity contribution in [1.82, 2.24) is 9.13 Å². The van der Waals surface area contributed by atoms with Gasteiger partial charge in [-0.1, -0.05) is 0 Å². The fourth-order valence-corrected chi connectivity index (χ4v) is 2.64. The van der Waals surface area contributed by atoms with Gasteiger partial charge in [-0.05, 0) is 48.9 Å². The van der Waals surface area contributed by atoms with Gasteiger partial charge in [0, 0.05) is 37.9 Å². The van der Waals surface area contributed by atoms with Gasteiger partial charge in [0.1, 0.15) is 0 Å². The summed E-state index contributed by atoms with van der Waals surface area (Å²) in [6, 6.07) is 8.44. The van der Waals surface area contributed by atoms with Crippen LogP contribution in [0.5, 0.6) is 0 Å². The van der Waals surface area contributed by atoms with Crippen LogP contribution in [0, 0.1) is 11.8 Å². The highest BCUT2D eigenvalue weighted by Crippen LogP contribution is 2.36. The Labute approximate surface area is 96.5 Å². The van der Waals surface area contributed by atoms with E-state index in [4.69, 9.17) is 0 Å². The van der Waals surface area contributed by atoms with Crippen LogP contribution in [-0.4, -0.2) is 9.13 Å². The first-order chi connectivity index (χ1) is 7.92. The summed E-state index contributed by atoms with van der Waals surface area (Å²) < 4.78 is 4.62. The van der Waals surface area contributed by atoms with E-state index < -0.39 is 0 Å². The van der Waals surface area contributed by atoms with Gasteiger partial charge in [-0.15, -0.1) is 0 Å². The number of nitrogens with zero attached hydrogens (tertiary/aromatic N) is 2. The van der Waals surface area contributed by atoms with E-state index >= 15 is 0 Å². The Morgan fingerprint density at radius 1 is 0.688 bits per heavy atom. The largest absolute Gasteiger partial charge is 0.354 e. The fourth-order valence-electron chi connectivity index (χ4n) is 2.64. The highest BCUT2D eigenvalue weighted by Gasteiger charge is 2.30. The fraction of sp³-hybridized carbons (Fsp3) is 0.429. The van der Waals surface area contributed by atoms with Crippen molar-refractivity contribution in [1.29, 1.82) is 0 Å². The maximum atomic E-state index is 2.31. The van der Waals surface area contributed by atoms with Crippen LogP contribution in [0.3, 0.4) is 0 Å². The van der Waals surface area contributed by atoms with E-state index in [1.54, 1.807) is 0 Å². The van der Waals surface area contributed by atoms with Gasteiger partial charge in [-0.3, -0.25) is 0 Å². The van der Waals surface area contributed by atoms with Gasteiger partial charge in [0.05, 0.1) is 0 Å². The SMILES string of the molecule is c1ccn(C[C@@H]2CC[C@H]2Cn2cccc2)c1. The van der Waals surface area contributed by atoms with Crippen molar-refractivity contribution < 1.29 is 0 Å². The minimum Gasteiger partial charge on any atom is -0.354 e. The van der Waals surface area contributed by atoms with E-state index in [0.717, 1.165) is 11.8 Å². The third-order valence-electron chi connectivity index (χ3n) is 3.80. The molecule has 0 aliphatic heterocycles. The molecule has 3 rings (SSSR count). The van der Waals surface area contributed by atoms with Gasteiger partial charge >= 0.3 is 0 Å². The van der Waals surface area contributed by atoms with Crippen LogP contribution in [-0.2, 0) is 13.1 Å². The van der Waals surface area contributed by atoms with E-state index in [9.17, 15) is 0 Å². The second-order valence-electron chi connectivity index (χ2n) is 4.86. The van der Waals surface area contributed by atoms with Crippen LogP contribution in [0.1, 0.15) is 12.8 Å². The second kappa shape index (κ2) is 4.20. The third-order valence-corrected chi connectivity index (χ3v) is 3.80. The van der Waals surface area contributed by atoms with Crippen molar-refractivity contribution in [3.05, 3.63) is 49.1 Å². The Hall–Kier alpha value is -1.44. The molecular weight excluding hydrogens is 196 g/mol. The van der Waals surface area contributed by atoms with Gasteiger partial charge in [0.15, 0.2) is 0 Å². The molecule has 0 spiro atoms. The van der Waals surface area contributed by atoms with Gasteiger partial charge in [0.2, 0.25) is 0 Å². The molecule has 0 radical (unpaired) electrons. The van der Waals surface area contributed by atoms with Crippen LogP contribution in [0.2, 0.25) is 0 Å². The second-order valence-corrected chi connectivity index (χ2v) is 4.86. The molecular formula is C14H18N2.